The predicted molar refractivity (Wildman–Crippen MR) is 96.0 cm³/mol. The summed E-state index contributed by atoms with van der Waals surface area (Å²) in [6.07, 6.45) is 3.35. The Morgan fingerprint density at radius 3 is 2.87 bits per heavy atom. The first kappa shape index (κ1) is 16.2. The first-order valence-electron chi connectivity index (χ1n) is 8.29. The summed E-state index contributed by atoms with van der Waals surface area (Å²) in [5.41, 5.74) is 2.20. The van der Waals surface area contributed by atoms with Gasteiger partial charge in [-0.25, -0.2) is 0 Å². The molecule has 1 aliphatic rings. The fraction of sp³-hybridized carbons (Fsp3) is 0.421. The van der Waals surface area contributed by atoms with Crippen LogP contribution in [0, 0.1) is 0 Å². The molecule has 0 radical (unpaired) electrons. The van der Waals surface area contributed by atoms with E-state index in [2.05, 4.69) is 35.2 Å². The van der Waals surface area contributed by atoms with Gasteiger partial charge in [0.15, 0.2) is 0 Å². The molecule has 1 atom stereocenters. The molecule has 1 aromatic carbocycles. The molecule has 4 heteroatoms. The van der Waals surface area contributed by atoms with Crippen LogP contribution < -0.4 is 0 Å². The van der Waals surface area contributed by atoms with Crippen molar-refractivity contribution in [1.82, 2.24) is 9.80 Å². The van der Waals surface area contributed by atoms with E-state index in [0.717, 1.165) is 38.0 Å². The molecule has 2 heterocycles. The van der Waals surface area contributed by atoms with E-state index in [1.165, 1.54) is 12.0 Å². The number of rotatable bonds is 5. The fourth-order valence-electron chi connectivity index (χ4n) is 3.24. The summed E-state index contributed by atoms with van der Waals surface area (Å²) in [5.74, 6) is 0.154. The number of nitrogens with zero attached hydrogens (tertiary/aromatic N) is 2. The lowest BCUT2D eigenvalue weighted by Crippen LogP contribution is -2.48. The maximum Gasteiger partial charge on any atom is 0.254 e. The summed E-state index contributed by atoms with van der Waals surface area (Å²) in [7, 11) is 1.95. The van der Waals surface area contributed by atoms with Gasteiger partial charge < -0.3 is 9.80 Å². The molecule has 0 saturated carbocycles. The molecule has 0 unspecified atom stereocenters. The minimum absolute atomic E-state index is 0.154. The molecule has 1 amide bonds. The molecular weight excluding hydrogens is 304 g/mol. The quantitative estimate of drug-likeness (QED) is 0.838. The zero-order valence-corrected chi connectivity index (χ0v) is 14.5. The van der Waals surface area contributed by atoms with Crippen LogP contribution >= 0.6 is 11.3 Å². The molecule has 0 bridgehead atoms. The summed E-state index contributed by atoms with van der Waals surface area (Å²) >= 11 is 1.58. The lowest BCUT2D eigenvalue weighted by molar-refractivity contribution is 0.0620. The lowest BCUT2D eigenvalue weighted by atomic mass is 10.0. The number of likely N-dealkylation sites (N-methyl/N-ethyl adjacent to an activating group) is 1. The largest absolute Gasteiger partial charge is 0.337 e. The van der Waals surface area contributed by atoms with Crippen LogP contribution in [-0.2, 0) is 6.42 Å². The van der Waals surface area contributed by atoms with E-state index in [4.69, 9.17) is 0 Å². The maximum atomic E-state index is 12.5. The molecule has 1 saturated heterocycles. The summed E-state index contributed by atoms with van der Waals surface area (Å²) in [6.45, 7) is 3.20. The van der Waals surface area contributed by atoms with Crippen LogP contribution in [0.3, 0.4) is 0 Å². The number of carbonyl (C=O) groups excluding carboxylic acids is 1. The predicted octanol–water partition coefficient (Wildman–Crippen LogP) is 3.53. The Balaban J connectivity index is 1.54. The molecule has 2 aromatic rings. The van der Waals surface area contributed by atoms with Crippen molar-refractivity contribution < 1.29 is 4.79 Å². The van der Waals surface area contributed by atoms with Gasteiger partial charge in [0.25, 0.3) is 5.91 Å². The molecule has 1 fully saturated rings. The van der Waals surface area contributed by atoms with Gasteiger partial charge in [0, 0.05) is 31.6 Å². The number of hydrogen-bond acceptors (Lipinski definition) is 3. The van der Waals surface area contributed by atoms with Crippen molar-refractivity contribution in [1.29, 1.82) is 0 Å². The second kappa shape index (κ2) is 7.75. The molecule has 122 valence electrons. The zero-order valence-electron chi connectivity index (χ0n) is 13.6. The zero-order chi connectivity index (χ0) is 16.1. The van der Waals surface area contributed by atoms with Crippen molar-refractivity contribution in [2.45, 2.75) is 25.3 Å². The third-order valence-electron chi connectivity index (χ3n) is 4.68. The summed E-state index contributed by atoms with van der Waals surface area (Å²) in [4.78, 5) is 16.9. The van der Waals surface area contributed by atoms with E-state index in [0.29, 0.717) is 6.04 Å². The van der Waals surface area contributed by atoms with Gasteiger partial charge in [-0.05, 0) is 42.8 Å². The molecule has 3 rings (SSSR count). The van der Waals surface area contributed by atoms with Crippen LogP contribution in [0.4, 0.5) is 0 Å². The van der Waals surface area contributed by atoms with Crippen LogP contribution in [0.15, 0.2) is 47.2 Å². The highest BCUT2D eigenvalue weighted by molar-refractivity contribution is 7.08. The SMILES string of the molecule is CN(C(=O)c1ccsc1)[C@@H]1CCCN(CCc2ccccc2)C1. The van der Waals surface area contributed by atoms with E-state index in [1.54, 1.807) is 11.3 Å². The Hall–Kier alpha value is -1.65. The number of hydrogen-bond donors (Lipinski definition) is 0. The van der Waals surface area contributed by atoms with Gasteiger partial charge in [-0.15, -0.1) is 0 Å². The second-order valence-electron chi connectivity index (χ2n) is 6.26. The first-order valence-corrected chi connectivity index (χ1v) is 9.24. The highest BCUT2D eigenvalue weighted by atomic mass is 32.1. The van der Waals surface area contributed by atoms with E-state index >= 15 is 0 Å². The molecule has 0 aliphatic carbocycles. The molecular formula is C19H24N2OS. The van der Waals surface area contributed by atoms with Gasteiger partial charge in [0.2, 0.25) is 0 Å². The molecule has 1 aliphatic heterocycles. The minimum Gasteiger partial charge on any atom is -0.337 e. The summed E-state index contributed by atoms with van der Waals surface area (Å²) in [6, 6.07) is 12.9. The Bertz CT molecular complexity index is 612. The van der Waals surface area contributed by atoms with Gasteiger partial charge in [0.1, 0.15) is 0 Å². The number of amides is 1. The normalized spacial score (nSPS) is 18.7. The Labute approximate surface area is 142 Å². The van der Waals surface area contributed by atoms with Gasteiger partial charge in [-0.3, -0.25) is 4.79 Å². The number of thiophene rings is 1. The summed E-state index contributed by atoms with van der Waals surface area (Å²) in [5, 5.41) is 3.91. The lowest BCUT2D eigenvalue weighted by Gasteiger charge is -2.37. The van der Waals surface area contributed by atoms with E-state index < -0.39 is 0 Å². The number of carbonyl (C=O) groups is 1. The van der Waals surface area contributed by atoms with Crippen molar-refractivity contribution in [2.75, 3.05) is 26.7 Å². The van der Waals surface area contributed by atoms with E-state index in [1.807, 2.05) is 28.8 Å². The Kier molecular flexibility index (Phi) is 5.47. The van der Waals surface area contributed by atoms with Gasteiger partial charge in [-0.2, -0.15) is 11.3 Å². The number of benzene rings is 1. The molecule has 1 aromatic heterocycles. The topological polar surface area (TPSA) is 23.6 Å². The molecule has 0 spiro atoms. The Morgan fingerprint density at radius 1 is 1.30 bits per heavy atom. The number of likely N-dealkylation sites (tertiary alicyclic amines) is 1. The van der Waals surface area contributed by atoms with Gasteiger partial charge >= 0.3 is 0 Å². The average molecular weight is 328 g/mol. The highest BCUT2D eigenvalue weighted by Crippen LogP contribution is 2.18. The number of piperidine rings is 1. The highest BCUT2D eigenvalue weighted by Gasteiger charge is 2.26. The van der Waals surface area contributed by atoms with Crippen molar-refractivity contribution in [2.24, 2.45) is 0 Å². The van der Waals surface area contributed by atoms with Crippen LogP contribution in [0.5, 0.6) is 0 Å². The monoisotopic (exact) mass is 328 g/mol. The summed E-state index contributed by atoms with van der Waals surface area (Å²) < 4.78 is 0. The van der Waals surface area contributed by atoms with Crippen LogP contribution in [0.25, 0.3) is 0 Å². The maximum absolute atomic E-state index is 12.5. The fourth-order valence-corrected chi connectivity index (χ4v) is 3.87. The van der Waals surface area contributed by atoms with Crippen molar-refractivity contribution in [3.8, 4) is 0 Å². The van der Waals surface area contributed by atoms with Crippen molar-refractivity contribution >= 4 is 17.2 Å². The molecule has 23 heavy (non-hydrogen) atoms. The van der Waals surface area contributed by atoms with Gasteiger partial charge in [-0.1, -0.05) is 30.3 Å². The third kappa shape index (κ3) is 4.21. The average Bonchev–Trinajstić information content (AvgIpc) is 3.14. The van der Waals surface area contributed by atoms with Crippen molar-refractivity contribution in [3.05, 3.63) is 58.3 Å². The van der Waals surface area contributed by atoms with Crippen LogP contribution in [-0.4, -0.2) is 48.4 Å². The first-order chi connectivity index (χ1) is 11.2. The molecule has 0 N–H and O–H groups in total. The minimum atomic E-state index is 0.154. The van der Waals surface area contributed by atoms with Gasteiger partial charge in [0.05, 0.1) is 5.56 Å². The smallest absolute Gasteiger partial charge is 0.254 e. The Morgan fingerprint density at radius 2 is 2.13 bits per heavy atom. The second-order valence-corrected chi connectivity index (χ2v) is 7.04. The molecule has 3 nitrogen and oxygen atoms in total. The standard InChI is InChI=1S/C19H24N2OS/c1-20(19(22)17-10-13-23-15-17)18-8-5-11-21(14-18)12-9-16-6-3-2-4-7-16/h2-4,6-7,10,13,15,18H,5,8-9,11-12,14H2,1H3/t18-/m1/s1. The van der Waals surface area contributed by atoms with Crippen molar-refractivity contribution in [3.63, 3.8) is 0 Å². The van der Waals surface area contributed by atoms with E-state index in [-0.39, 0.29) is 5.91 Å². The van der Waals surface area contributed by atoms with Crippen LogP contribution in [0.1, 0.15) is 28.8 Å². The third-order valence-corrected chi connectivity index (χ3v) is 5.36. The van der Waals surface area contributed by atoms with Crippen LogP contribution in [0.2, 0.25) is 0 Å². The van der Waals surface area contributed by atoms with E-state index in [9.17, 15) is 4.79 Å².